The molecule has 0 unspecified atom stereocenters. The molecule has 0 aromatic heterocycles. The van der Waals surface area contributed by atoms with Crippen molar-refractivity contribution >= 4 is 28.9 Å². The summed E-state index contributed by atoms with van der Waals surface area (Å²) in [6.45, 7) is 7.67. The number of carbonyl (C=O) groups excluding carboxylic acids is 1. The van der Waals surface area contributed by atoms with Crippen LogP contribution in [0.2, 0.25) is 0 Å². The number of methoxy groups -OCH3 is 2. The second-order valence-corrected chi connectivity index (χ2v) is 10.1. The molecule has 0 bridgehead atoms. The molecule has 2 aliphatic heterocycles. The van der Waals surface area contributed by atoms with Crippen LogP contribution in [0.3, 0.4) is 0 Å². The summed E-state index contributed by atoms with van der Waals surface area (Å²) in [5.41, 5.74) is 4.89. The molecule has 0 aliphatic carbocycles. The lowest BCUT2D eigenvalue weighted by molar-refractivity contribution is 0.104. The summed E-state index contributed by atoms with van der Waals surface area (Å²) in [6, 6.07) is 22.6. The number of nitrogens with zero attached hydrogens (tertiary/aromatic N) is 4. The van der Waals surface area contributed by atoms with E-state index in [1.165, 1.54) is 11.4 Å². The third-order valence-corrected chi connectivity index (χ3v) is 7.70. The molecule has 39 heavy (non-hydrogen) atoms. The van der Waals surface area contributed by atoms with Crippen LogP contribution in [0.1, 0.15) is 15.9 Å². The van der Waals surface area contributed by atoms with Gasteiger partial charge >= 0.3 is 0 Å². The summed E-state index contributed by atoms with van der Waals surface area (Å²) in [7, 11) is 5.41. The predicted molar refractivity (Wildman–Crippen MR) is 160 cm³/mol. The number of hydrogen-bond donors (Lipinski definition) is 0. The van der Waals surface area contributed by atoms with E-state index in [0.717, 1.165) is 63.6 Å². The first-order chi connectivity index (χ1) is 19.1. The Balaban J connectivity index is 1.30. The van der Waals surface area contributed by atoms with Crippen molar-refractivity contribution in [2.75, 3.05) is 88.3 Å². The quantitative estimate of drug-likeness (QED) is 0.312. The first-order valence-corrected chi connectivity index (χ1v) is 13.6. The SMILES string of the molecule is COc1cc(OC)c(N2CCN(c3ccccc3)CC2)cc1C(=O)/C=C/c1ccc(N2CCN(C)CC2)cc1. The Labute approximate surface area is 231 Å². The number of para-hydroxylation sites is 1. The van der Waals surface area contributed by atoms with E-state index in [0.29, 0.717) is 17.1 Å². The zero-order valence-electron chi connectivity index (χ0n) is 23.2. The monoisotopic (exact) mass is 526 g/mol. The molecule has 0 radical (unpaired) electrons. The van der Waals surface area contributed by atoms with Crippen molar-refractivity contribution in [3.63, 3.8) is 0 Å². The topological polar surface area (TPSA) is 48.5 Å². The van der Waals surface area contributed by atoms with E-state index in [2.05, 4.69) is 75.2 Å². The summed E-state index contributed by atoms with van der Waals surface area (Å²) in [5, 5.41) is 0. The van der Waals surface area contributed by atoms with E-state index in [1.54, 1.807) is 20.3 Å². The van der Waals surface area contributed by atoms with Crippen molar-refractivity contribution in [1.29, 1.82) is 0 Å². The zero-order chi connectivity index (χ0) is 27.2. The third-order valence-electron chi connectivity index (χ3n) is 7.70. The summed E-state index contributed by atoms with van der Waals surface area (Å²) in [6.07, 6.45) is 3.50. The van der Waals surface area contributed by atoms with E-state index in [-0.39, 0.29) is 5.78 Å². The van der Waals surface area contributed by atoms with E-state index < -0.39 is 0 Å². The van der Waals surface area contributed by atoms with E-state index in [1.807, 2.05) is 24.3 Å². The Hall–Kier alpha value is -3.97. The summed E-state index contributed by atoms with van der Waals surface area (Å²) < 4.78 is 11.3. The predicted octanol–water partition coefficient (Wildman–Crippen LogP) is 4.68. The molecule has 3 aromatic carbocycles. The van der Waals surface area contributed by atoms with Gasteiger partial charge in [0.2, 0.25) is 0 Å². The molecule has 5 rings (SSSR count). The maximum atomic E-state index is 13.4. The average molecular weight is 527 g/mol. The highest BCUT2D eigenvalue weighted by Gasteiger charge is 2.23. The Morgan fingerprint density at radius 3 is 1.87 bits per heavy atom. The van der Waals surface area contributed by atoms with Crippen molar-refractivity contribution in [3.8, 4) is 11.5 Å². The van der Waals surface area contributed by atoms with Gasteiger partial charge in [-0.05, 0) is 49.0 Å². The first kappa shape index (κ1) is 26.6. The normalized spacial score (nSPS) is 16.5. The molecule has 7 nitrogen and oxygen atoms in total. The van der Waals surface area contributed by atoms with E-state index in [9.17, 15) is 4.79 Å². The number of benzene rings is 3. The Morgan fingerprint density at radius 2 is 1.26 bits per heavy atom. The zero-order valence-corrected chi connectivity index (χ0v) is 23.2. The van der Waals surface area contributed by atoms with Gasteiger partial charge in [0.15, 0.2) is 5.78 Å². The van der Waals surface area contributed by atoms with E-state index >= 15 is 0 Å². The largest absolute Gasteiger partial charge is 0.496 e. The fourth-order valence-electron chi connectivity index (χ4n) is 5.29. The second-order valence-electron chi connectivity index (χ2n) is 10.1. The van der Waals surface area contributed by atoms with Crippen LogP contribution >= 0.6 is 0 Å². The average Bonchev–Trinajstić information content (AvgIpc) is 3.00. The Morgan fingerprint density at radius 1 is 0.692 bits per heavy atom. The smallest absolute Gasteiger partial charge is 0.189 e. The van der Waals surface area contributed by atoms with Crippen LogP contribution in [0.25, 0.3) is 6.08 Å². The molecule has 0 amide bonds. The number of anilines is 3. The molecule has 0 atom stereocenters. The standard InChI is InChI=1S/C32H38N4O3/c1-33-15-17-34(18-16-33)27-12-9-25(10-13-27)11-14-30(37)28-23-29(32(39-3)24-31(28)38-2)36-21-19-35(20-22-36)26-7-5-4-6-8-26/h4-14,23-24H,15-22H2,1-3H3/b14-11+. The molecular formula is C32H38N4O3. The Kier molecular flexibility index (Phi) is 8.37. The van der Waals surface area contributed by atoms with Crippen LogP contribution in [0.5, 0.6) is 11.5 Å². The lowest BCUT2D eigenvalue weighted by Crippen LogP contribution is -2.46. The maximum absolute atomic E-state index is 13.4. The molecule has 2 aliphatic rings. The van der Waals surface area contributed by atoms with Crippen molar-refractivity contribution < 1.29 is 14.3 Å². The van der Waals surface area contributed by atoms with Gasteiger partial charge in [-0.15, -0.1) is 0 Å². The Bertz CT molecular complexity index is 1280. The summed E-state index contributed by atoms with van der Waals surface area (Å²) in [4.78, 5) is 22.8. The highest BCUT2D eigenvalue weighted by molar-refractivity contribution is 6.09. The highest BCUT2D eigenvalue weighted by atomic mass is 16.5. The minimum atomic E-state index is -0.0955. The molecule has 0 saturated carbocycles. The summed E-state index contributed by atoms with van der Waals surface area (Å²) in [5.74, 6) is 1.13. The third kappa shape index (κ3) is 6.20. The van der Waals surface area contributed by atoms with Crippen molar-refractivity contribution in [1.82, 2.24) is 4.90 Å². The van der Waals surface area contributed by atoms with Gasteiger partial charge in [-0.25, -0.2) is 0 Å². The molecule has 2 fully saturated rings. The van der Waals surface area contributed by atoms with Gasteiger partial charge in [-0.3, -0.25) is 4.79 Å². The second kappa shape index (κ2) is 12.3. The highest BCUT2D eigenvalue weighted by Crippen LogP contribution is 2.37. The van der Waals surface area contributed by atoms with Gasteiger partial charge in [0.05, 0.1) is 25.5 Å². The number of allylic oxidation sites excluding steroid dienone is 1. The van der Waals surface area contributed by atoms with Gasteiger partial charge in [0.1, 0.15) is 11.5 Å². The van der Waals surface area contributed by atoms with Gasteiger partial charge in [-0.1, -0.05) is 36.4 Å². The van der Waals surface area contributed by atoms with Crippen LogP contribution in [0, 0.1) is 0 Å². The van der Waals surface area contributed by atoms with Crippen LogP contribution in [-0.2, 0) is 0 Å². The lowest BCUT2D eigenvalue weighted by Gasteiger charge is -2.38. The van der Waals surface area contributed by atoms with Gasteiger partial charge < -0.3 is 29.1 Å². The number of rotatable bonds is 8. The molecule has 2 saturated heterocycles. The van der Waals surface area contributed by atoms with Crippen molar-refractivity contribution in [3.05, 3.63) is 83.9 Å². The first-order valence-electron chi connectivity index (χ1n) is 13.6. The van der Waals surface area contributed by atoms with Gasteiger partial charge in [0, 0.05) is 69.8 Å². The minimum absolute atomic E-state index is 0.0955. The van der Waals surface area contributed by atoms with Crippen molar-refractivity contribution in [2.24, 2.45) is 0 Å². The van der Waals surface area contributed by atoms with Crippen LogP contribution < -0.4 is 24.2 Å². The minimum Gasteiger partial charge on any atom is -0.496 e. The number of ketones is 1. The van der Waals surface area contributed by atoms with Gasteiger partial charge in [-0.2, -0.15) is 0 Å². The fourth-order valence-corrected chi connectivity index (χ4v) is 5.29. The molecule has 204 valence electrons. The van der Waals surface area contributed by atoms with Crippen LogP contribution in [-0.4, -0.2) is 84.3 Å². The van der Waals surface area contributed by atoms with Crippen molar-refractivity contribution in [2.45, 2.75) is 0 Å². The maximum Gasteiger partial charge on any atom is 0.189 e. The number of hydrogen-bond acceptors (Lipinski definition) is 7. The molecule has 0 spiro atoms. The molecular weight excluding hydrogens is 488 g/mol. The fraction of sp³-hybridized carbons (Fsp3) is 0.344. The lowest BCUT2D eigenvalue weighted by atomic mass is 10.0. The number of ether oxygens (including phenoxy) is 2. The number of likely N-dealkylation sites (N-methyl/N-ethyl adjacent to an activating group) is 1. The summed E-state index contributed by atoms with van der Waals surface area (Å²) >= 11 is 0. The van der Waals surface area contributed by atoms with E-state index in [4.69, 9.17) is 9.47 Å². The van der Waals surface area contributed by atoms with Crippen LogP contribution in [0.15, 0.2) is 72.8 Å². The molecule has 7 heteroatoms. The number of piperazine rings is 2. The van der Waals surface area contributed by atoms with Gasteiger partial charge in [0.25, 0.3) is 0 Å². The molecule has 3 aromatic rings. The van der Waals surface area contributed by atoms with Crippen LogP contribution in [0.4, 0.5) is 17.1 Å². The molecule has 2 heterocycles. The number of carbonyl (C=O) groups is 1. The molecule has 0 N–H and O–H groups in total.